The van der Waals surface area contributed by atoms with E-state index in [0.717, 1.165) is 31.6 Å². The molecule has 2 aromatic rings. The van der Waals surface area contributed by atoms with Gasteiger partial charge in [-0.2, -0.15) is 0 Å². The maximum atomic E-state index is 13.6. The summed E-state index contributed by atoms with van der Waals surface area (Å²) in [6.07, 6.45) is 5.83. The van der Waals surface area contributed by atoms with E-state index in [2.05, 4.69) is 17.2 Å². The largest absolute Gasteiger partial charge is 0.349 e. The van der Waals surface area contributed by atoms with E-state index in [-0.39, 0.29) is 17.8 Å². The molecule has 21 heavy (non-hydrogen) atoms. The van der Waals surface area contributed by atoms with Crippen molar-refractivity contribution < 1.29 is 9.18 Å². The molecular weight excluding hydrogens is 267 g/mol. The Bertz CT molecular complexity index is 663. The predicted octanol–water partition coefficient (Wildman–Crippen LogP) is 3.68. The van der Waals surface area contributed by atoms with Gasteiger partial charge in [-0.1, -0.05) is 19.1 Å². The molecule has 1 saturated carbocycles. The van der Waals surface area contributed by atoms with Crippen LogP contribution >= 0.6 is 0 Å². The topological polar surface area (TPSA) is 42.0 Å². The van der Waals surface area contributed by atoms with Crippen molar-refractivity contribution in [3.63, 3.8) is 0 Å². The Labute approximate surface area is 123 Å². The highest BCUT2D eigenvalue weighted by atomic mass is 19.1. The molecule has 1 aliphatic carbocycles. The van der Waals surface area contributed by atoms with Crippen LogP contribution in [0.2, 0.25) is 0 Å². The number of rotatable bonds is 2. The van der Waals surface area contributed by atoms with Crippen LogP contribution in [0.5, 0.6) is 0 Å². The average molecular weight is 286 g/mol. The molecule has 0 unspecified atom stereocenters. The minimum atomic E-state index is -0.360. The highest BCUT2D eigenvalue weighted by molar-refractivity contribution is 5.97. The zero-order chi connectivity index (χ0) is 14.8. The van der Waals surface area contributed by atoms with Crippen molar-refractivity contribution in [3.8, 4) is 0 Å². The molecule has 110 valence electrons. The molecule has 3 nitrogen and oxygen atoms in total. The summed E-state index contributed by atoms with van der Waals surface area (Å²) in [6, 6.07) is 6.72. The number of carbonyl (C=O) groups is 1. The number of pyridine rings is 1. The fraction of sp³-hybridized carbons (Fsp3) is 0.412. The average Bonchev–Trinajstić information content (AvgIpc) is 2.49. The number of fused-ring (bicyclic) bond motifs is 1. The van der Waals surface area contributed by atoms with Crippen LogP contribution in [-0.2, 0) is 0 Å². The summed E-state index contributed by atoms with van der Waals surface area (Å²) >= 11 is 0. The fourth-order valence-electron chi connectivity index (χ4n) is 2.92. The van der Waals surface area contributed by atoms with Gasteiger partial charge in [-0.05, 0) is 43.7 Å². The van der Waals surface area contributed by atoms with Gasteiger partial charge in [0.2, 0.25) is 0 Å². The molecule has 0 bridgehead atoms. The van der Waals surface area contributed by atoms with Gasteiger partial charge in [-0.25, -0.2) is 4.39 Å². The lowest BCUT2D eigenvalue weighted by atomic mass is 9.87. The summed E-state index contributed by atoms with van der Waals surface area (Å²) in [5, 5.41) is 3.72. The highest BCUT2D eigenvalue weighted by Crippen LogP contribution is 2.24. The van der Waals surface area contributed by atoms with Crippen LogP contribution in [0.4, 0.5) is 4.39 Å². The Kier molecular flexibility index (Phi) is 3.86. The number of para-hydroxylation sites is 1. The van der Waals surface area contributed by atoms with Crippen molar-refractivity contribution in [1.82, 2.24) is 10.3 Å². The Balaban J connectivity index is 1.75. The van der Waals surface area contributed by atoms with Crippen LogP contribution in [0.15, 0.2) is 30.5 Å². The van der Waals surface area contributed by atoms with Crippen LogP contribution in [-0.4, -0.2) is 16.9 Å². The second-order valence-corrected chi connectivity index (χ2v) is 5.97. The normalized spacial score (nSPS) is 22.2. The third-order valence-corrected chi connectivity index (χ3v) is 4.27. The predicted molar refractivity (Wildman–Crippen MR) is 80.6 cm³/mol. The maximum Gasteiger partial charge on any atom is 0.253 e. The third-order valence-electron chi connectivity index (χ3n) is 4.27. The second kappa shape index (κ2) is 5.80. The molecule has 0 radical (unpaired) electrons. The van der Waals surface area contributed by atoms with Crippen molar-refractivity contribution in [2.24, 2.45) is 5.92 Å². The number of nitrogens with one attached hydrogen (secondary N) is 1. The molecule has 1 N–H and O–H groups in total. The number of hydrogen-bond acceptors (Lipinski definition) is 2. The minimum absolute atomic E-state index is 0.117. The molecule has 1 aromatic heterocycles. The van der Waals surface area contributed by atoms with E-state index in [1.807, 2.05) is 0 Å². The zero-order valence-corrected chi connectivity index (χ0v) is 12.1. The molecule has 1 fully saturated rings. The van der Waals surface area contributed by atoms with E-state index >= 15 is 0 Å². The first-order valence-corrected chi connectivity index (χ1v) is 7.48. The zero-order valence-electron chi connectivity index (χ0n) is 12.1. The monoisotopic (exact) mass is 286 g/mol. The van der Waals surface area contributed by atoms with E-state index in [4.69, 9.17) is 0 Å². The fourth-order valence-corrected chi connectivity index (χ4v) is 2.92. The summed E-state index contributed by atoms with van der Waals surface area (Å²) in [6.45, 7) is 2.25. The van der Waals surface area contributed by atoms with Crippen LogP contribution in [0.3, 0.4) is 0 Å². The van der Waals surface area contributed by atoms with Crippen molar-refractivity contribution in [3.05, 3.63) is 41.8 Å². The Morgan fingerprint density at radius 2 is 2.05 bits per heavy atom. The number of aromatic nitrogens is 1. The third kappa shape index (κ3) is 3.04. The molecule has 1 heterocycles. The van der Waals surface area contributed by atoms with E-state index in [1.165, 1.54) is 12.3 Å². The van der Waals surface area contributed by atoms with Gasteiger partial charge in [0.15, 0.2) is 0 Å². The van der Waals surface area contributed by atoms with E-state index in [1.54, 1.807) is 18.2 Å². The Morgan fingerprint density at radius 3 is 2.81 bits per heavy atom. The van der Waals surface area contributed by atoms with E-state index < -0.39 is 0 Å². The number of hydrogen-bond donors (Lipinski definition) is 1. The summed E-state index contributed by atoms with van der Waals surface area (Å²) in [5.41, 5.74) is 0.798. The number of amides is 1. The number of halogens is 1. The van der Waals surface area contributed by atoms with Crippen LogP contribution in [0.25, 0.3) is 10.9 Å². The van der Waals surface area contributed by atoms with Gasteiger partial charge in [0.05, 0.1) is 5.56 Å². The van der Waals surface area contributed by atoms with E-state index in [9.17, 15) is 9.18 Å². The van der Waals surface area contributed by atoms with Crippen LogP contribution < -0.4 is 5.32 Å². The van der Waals surface area contributed by atoms with E-state index in [0.29, 0.717) is 16.5 Å². The lowest BCUT2D eigenvalue weighted by Crippen LogP contribution is -2.37. The summed E-state index contributed by atoms with van der Waals surface area (Å²) in [5.74, 6) is 0.275. The molecule has 0 spiro atoms. The first-order chi connectivity index (χ1) is 10.1. The lowest BCUT2D eigenvalue weighted by Gasteiger charge is -2.26. The quantitative estimate of drug-likeness (QED) is 0.915. The Hall–Kier alpha value is -1.97. The summed E-state index contributed by atoms with van der Waals surface area (Å²) in [4.78, 5) is 16.3. The second-order valence-electron chi connectivity index (χ2n) is 5.97. The van der Waals surface area contributed by atoms with Gasteiger partial charge < -0.3 is 5.32 Å². The van der Waals surface area contributed by atoms with Crippen molar-refractivity contribution in [1.29, 1.82) is 0 Å². The van der Waals surface area contributed by atoms with Crippen molar-refractivity contribution in [2.45, 2.75) is 38.6 Å². The van der Waals surface area contributed by atoms with Gasteiger partial charge in [-0.15, -0.1) is 0 Å². The summed E-state index contributed by atoms with van der Waals surface area (Å²) < 4.78 is 13.6. The number of nitrogens with zero attached hydrogens (tertiary/aromatic N) is 1. The van der Waals surface area contributed by atoms with Gasteiger partial charge >= 0.3 is 0 Å². The SMILES string of the molecule is C[C@H]1CC[C@H](NC(=O)c2cnc3c(F)cccc3c2)CC1. The molecule has 1 aromatic carbocycles. The van der Waals surface area contributed by atoms with Gasteiger partial charge in [0.25, 0.3) is 5.91 Å². The number of carbonyl (C=O) groups excluding carboxylic acids is 1. The molecule has 4 heteroatoms. The molecule has 0 aliphatic heterocycles. The van der Waals surface area contributed by atoms with Crippen molar-refractivity contribution in [2.75, 3.05) is 0 Å². The standard InChI is InChI=1S/C17H19FN2O/c1-11-5-7-14(8-6-11)20-17(21)13-9-12-3-2-4-15(18)16(12)19-10-13/h2-4,9-11,14H,5-8H2,1H3,(H,20,21)/t11-,14-. The minimum Gasteiger partial charge on any atom is -0.349 e. The molecular formula is C17H19FN2O. The van der Waals surface area contributed by atoms with Gasteiger partial charge in [-0.3, -0.25) is 9.78 Å². The highest BCUT2D eigenvalue weighted by Gasteiger charge is 2.20. The van der Waals surface area contributed by atoms with Crippen LogP contribution in [0, 0.1) is 11.7 Å². The maximum absolute atomic E-state index is 13.6. The molecule has 1 amide bonds. The Morgan fingerprint density at radius 1 is 1.29 bits per heavy atom. The smallest absolute Gasteiger partial charge is 0.253 e. The van der Waals surface area contributed by atoms with Crippen molar-refractivity contribution >= 4 is 16.8 Å². The summed E-state index contributed by atoms with van der Waals surface area (Å²) in [7, 11) is 0. The van der Waals surface area contributed by atoms with Crippen LogP contribution in [0.1, 0.15) is 43.0 Å². The lowest BCUT2D eigenvalue weighted by molar-refractivity contribution is 0.0923. The molecule has 0 atom stereocenters. The first-order valence-electron chi connectivity index (χ1n) is 7.48. The molecule has 1 aliphatic rings. The number of benzene rings is 1. The van der Waals surface area contributed by atoms with Gasteiger partial charge in [0.1, 0.15) is 11.3 Å². The van der Waals surface area contributed by atoms with Gasteiger partial charge in [0, 0.05) is 17.6 Å². The molecule has 0 saturated heterocycles. The first kappa shape index (κ1) is 14.0. The molecule has 3 rings (SSSR count).